The minimum atomic E-state index is -0.741. The van der Waals surface area contributed by atoms with E-state index in [-0.39, 0.29) is 0 Å². The van der Waals surface area contributed by atoms with Gasteiger partial charge in [0, 0.05) is 10.0 Å². The highest BCUT2D eigenvalue weighted by molar-refractivity contribution is 6.34. The van der Waals surface area contributed by atoms with Gasteiger partial charge in [-0.05, 0) is 36.6 Å². The number of hydrogen-bond donors (Lipinski definition) is 1. The predicted molar refractivity (Wildman–Crippen MR) is 72.7 cm³/mol. The summed E-state index contributed by atoms with van der Waals surface area (Å²) < 4.78 is 0. The van der Waals surface area contributed by atoms with Crippen LogP contribution in [0.25, 0.3) is 0 Å². The molecular weight excluding hydrogens is 255 g/mol. The summed E-state index contributed by atoms with van der Waals surface area (Å²) in [6.07, 6.45) is 7.45. The molecule has 0 unspecified atom stereocenters. The first-order valence-corrected chi connectivity index (χ1v) is 7.05. The van der Waals surface area contributed by atoms with Crippen LogP contribution in [0.5, 0.6) is 0 Å². The van der Waals surface area contributed by atoms with Gasteiger partial charge in [0.05, 0.1) is 5.60 Å². The average molecular weight is 273 g/mol. The molecule has 1 N–H and O–H groups in total. The van der Waals surface area contributed by atoms with Crippen LogP contribution >= 0.6 is 23.2 Å². The molecule has 0 radical (unpaired) electrons. The van der Waals surface area contributed by atoms with Gasteiger partial charge in [-0.15, -0.1) is 0 Å². The van der Waals surface area contributed by atoms with Gasteiger partial charge < -0.3 is 5.11 Å². The summed E-state index contributed by atoms with van der Waals surface area (Å²) in [6.45, 7) is 0. The van der Waals surface area contributed by atoms with Crippen molar-refractivity contribution in [1.82, 2.24) is 0 Å². The Kier molecular flexibility index (Phi) is 4.35. The minimum absolute atomic E-state index is 0.600. The van der Waals surface area contributed by atoms with Gasteiger partial charge in [-0.25, -0.2) is 0 Å². The Bertz CT molecular complexity index is 362. The molecule has 94 valence electrons. The fourth-order valence-corrected chi connectivity index (χ4v) is 3.13. The van der Waals surface area contributed by atoms with Crippen molar-refractivity contribution in [3.63, 3.8) is 0 Å². The van der Waals surface area contributed by atoms with E-state index in [0.717, 1.165) is 31.2 Å². The standard InChI is InChI=1S/C14H18Cl2O/c15-12-8-11(9-13(16)10-12)14(17)6-4-2-1-3-5-7-14/h8-10,17H,1-7H2. The Morgan fingerprint density at radius 2 is 1.29 bits per heavy atom. The first kappa shape index (κ1) is 13.2. The summed E-state index contributed by atoms with van der Waals surface area (Å²) in [6, 6.07) is 5.39. The number of hydrogen-bond acceptors (Lipinski definition) is 1. The van der Waals surface area contributed by atoms with Crippen LogP contribution < -0.4 is 0 Å². The number of aliphatic hydroxyl groups is 1. The molecule has 1 fully saturated rings. The Morgan fingerprint density at radius 3 is 1.82 bits per heavy atom. The van der Waals surface area contributed by atoms with E-state index in [9.17, 15) is 5.11 Å². The molecule has 0 bridgehead atoms. The largest absolute Gasteiger partial charge is 0.385 e. The summed E-state index contributed by atoms with van der Waals surface area (Å²) in [5, 5.41) is 12.0. The van der Waals surface area contributed by atoms with Gasteiger partial charge in [-0.2, -0.15) is 0 Å². The van der Waals surface area contributed by atoms with Crippen LogP contribution in [-0.4, -0.2) is 5.11 Å². The first-order chi connectivity index (χ1) is 8.10. The smallest absolute Gasteiger partial charge is 0.0897 e. The molecule has 0 aliphatic heterocycles. The molecule has 17 heavy (non-hydrogen) atoms. The molecule has 0 aromatic heterocycles. The fourth-order valence-electron chi connectivity index (χ4n) is 2.60. The molecule has 0 heterocycles. The molecule has 0 atom stereocenters. The second-order valence-electron chi connectivity index (χ2n) is 4.96. The third kappa shape index (κ3) is 3.37. The van der Waals surface area contributed by atoms with Crippen molar-refractivity contribution in [3.8, 4) is 0 Å². The van der Waals surface area contributed by atoms with Gasteiger partial charge >= 0.3 is 0 Å². The lowest BCUT2D eigenvalue weighted by molar-refractivity contribution is 0.00962. The van der Waals surface area contributed by atoms with Crippen LogP contribution in [-0.2, 0) is 5.60 Å². The Labute approximate surface area is 113 Å². The van der Waals surface area contributed by atoms with E-state index in [0.29, 0.717) is 10.0 Å². The van der Waals surface area contributed by atoms with Crippen LogP contribution in [0.15, 0.2) is 18.2 Å². The summed E-state index contributed by atoms with van der Waals surface area (Å²) in [5.74, 6) is 0. The lowest BCUT2D eigenvalue weighted by Crippen LogP contribution is -2.26. The van der Waals surface area contributed by atoms with Crippen LogP contribution in [0.2, 0.25) is 10.0 Å². The van der Waals surface area contributed by atoms with Gasteiger partial charge in [0.25, 0.3) is 0 Å². The maximum absolute atomic E-state index is 10.8. The molecule has 1 nitrogen and oxygen atoms in total. The SMILES string of the molecule is OC1(c2cc(Cl)cc(Cl)c2)CCCCCCC1. The van der Waals surface area contributed by atoms with E-state index in [1.165, 1.54) is 19.3 Å². The zero-order valence-corrected chi connectivity index (χ0v) is 11.4. The fraction of sp³-hybridized carbons (Fsp3) is 0.571. The van der Waals surface area contributed by atoms with Crippen LogP contribution in [0, 0.1) is 0 Å². The van der Waals surface area contributed by atoms with Crippen molar-refractivity contribution in [2.24, 2.45) is 0 Å². The molecule has 1 saturated carbocycles. The Balaban J connectivity index is 2.27. The van der Waals surface area contributed by atoms with E-state index in [4.69, 9.17) is 23.2 Å². The minimum Gasteiger partial charge on any atom is -0.385 e. The van der Waals surface area contributed by atoms with Crippen molar-refractivity contribution in [3.05, 3.63) is 33.8 Å². The molecular formula is C14H18Cl2O. The second kappa shape index (κ2) is 5.60. The van der Waals surface area contributed by atoms with Crippen LogP contribution in [0.4, 0.5) is 0 Å². The molecule has 1 aromatic carbocycles. The zero-order chi connectivity index (χ0) is 12.3. The zero-order valence-electron chi connectivity index (χ0n) is 9.88. The van der Waals surface area contributed by atoms with Gasteiger partial charge in [-0.1, -0.05) is 55.3 Å². The average Bonchev–Trinajstić information content (AvgIpc) is 2.22. The molecule has 1 aliphatic rings. The van der Waals surface area contributed by atoms with E-state index in [2.05, 4.69) is 0 Å². The maximum Gasteiger partial charge on any atom is 0.0897 e. The Morgan fingerprint density at radius 1 is 0.824 bits per heavy atom. The van der Waals surface area contributed by atoms with E-state index < -0.39 is 5.60 Å². The first-order valence-electron chi connectivity index (χ1n) is 6.29. The molecule has 1 aliphatic carbocycles. The molecule has 0 spiro atoms. The van der Waals surface area contributed by atoms with E-state index >= 15 is 0 Å². The van der Waals surface area contributed by atoms with Crippen LogP contribution in [0.1, 0.15) is 50.5 Å². The molecule has 0 amide bonds. The molecule has 0 saturated heterocycles. The molecule has 2 rings (SSSR count). The lowest BCUT2D eigenvalue weighted by atomic mass is 9.82. The van der Waals surface area contributed by atoms with Crippen molar-refractivity contribution >= 4 is 23.2 Å². The van der Waals surface area contributed by atoms with E-state index in [1.54, 1.807) is 6.07 Å². The summed E-state index contributed by atoms with van der Waals surface area (Å²) >= 11 is 12.0. The summed E-state index contributed by atoms with van der Waals surface area (Å²) in [5.41, 5.74) is 0.131. The summed E-state index contributed by atoms with van der Waals surface area (Å²) in [4.78, 5) is 0. The number of benzene rings is 1. The maximum atomic E-state index is 10.8. The second-order valence-corrected chi connectivity index (χ2v) is 5.83. The van der Waals surface area contributed by atoms with Crippen molar-refractivity contribution in [2.45, 2.75) is 50.5 Å². The van der Waals surface area contributed by atoms with Gasteiger partial charge in [0.2, 0.25) is 0 Å². The highest BCUT2D eigenvalue weighted by Gasteiger charge is 2.29. The monoisotopic (exact) mass is 272 g/mol. The van der Waals surface area contributed by atoms with Crippen molar-refractivity contribution in [1.29, 1.82) is 0 Å². The predicted octanol–water partition coefficient (Wildman–Crippen LogP) is 4.93. The van der Waals surface area contributed by atoms with Gasteiger partial charge in [0.15, 0.2) is 0 Å². The van der Waals surface area contributed by atoms with Crippen molar-refractivity contribution < 1.29 is 5.11 Å². The van der Waals surface area contributed by atoms with Gasteiger partial charge in [0.1, 0.15) is 0 Å². The quantitative estimate of drug-likeness (QED) is 0.769. The third-order valence-corrected chi connectivity index (χ3v) is 4.02. The van der Waals surface area contributed by atoms with Crippen molar-refractivity contribution in [2.75, 3.05) is 0 Å². The Hall–Kier alpha value is -0.240. The normalized spacial score (nSPS) is 20.6. The van der Waals surface area contributed by atoms with Crippen LogP contribution in [0.3, 0.4) is 0 Å². The van der Waals surface area contributed by atoms with E-state index in [1.807, 2.05) is 12.1 Å². The lowest BCUT2D eigenvalue weighted by Gasteiger charge is -2.31. The highest BCUT2D eigenvalue weighted by Crippen LogP contribution is 2.37. The topological polar surface area (TPSA) is 20.2 Å². The molecule has 3 heteroatoms. The number of rotatable bonds is 1. The summed E-state index contributed by atoms with van der Waals surface area (Å²) in [7, 11) is 0. The number of halogens is 2. The highest BCUT2D eigenvalue weighted by atomic mass is 35.5. The third-order valence-electron chi connectivity index (χ3n) is 3.58. The van der Waals surface area contributed by atoms with Gasteiger partial charge in [-0.3, -0.25) is 0 Å². The molecule has 1 aromatic rings.